The SMILES string of the molecule is FC(F)Sc1ccc(/N=N/C2=NCCS2)cc1. The summed E-state index contributed by atoms with van der Waals surface area (Å²) in [5.74, 6) is -1.45. The summed E-state index contributed by atoms with van der Waals surface area (Å²) in [7, 11) is 0. The van der Waals surface area contributed by atoms with Crippen molar-refractivity contribution in [2.75, 3.05) is 12.3 Å². The lowest BCUT2D eigenvalue weighted by atomic mass is 10.3. The fourth-order valence-corrected chi connectivity index (χ4v) is 2.32. The molecule has 0 aromatic heterocycles. The van der Waals surface area contributed by atoms with Gasteiger partial charge in [0.05, 0.1) is 12.2 Å². The molecule has 1 aliphatic heterocycles. The molecule has 1 aliphatic rings. The van der Waals surface area contributed by atoms with E-state index in [1.165, 1.54) is 0 Å². The normalized spacial score (nSPS) is 15.8. The third kappa shape index (κ3) is 4.08. The summed E-state index contributed by atoms with van der Waals surface area (Å²) in [4.78, 5) is 4.64. The summed E-state index contributed by atoms with van der Waals surface area (Å²) >= 11 is 2.08. The van der Waals surface area contributed by atoms with E-state index in [1.807, 2.05) is 0 Å². The Labute approximate surface area is 106 Å². The molecule has 0 aliphatic carbocycles. The van der Waals surface area contributed by atoms with Crippen molar-refractivity contribution in [3.05, 3.63) is 24.3 Å². The average molecular weight is 273 g/mol. The Hall–Kier alpha value is -0.950. The van der Waals surface area contributed by atoms with E-state index in [0.717, 1.165) is 12.3 Å². The summed E-state index contributed by atoms with van der Waals surface area (Å²) in [6, 6.07) is 6.53. The van der Waals surface area contributed by atoms with Gasteiger partial charge in [0.25, 0.3) is 5.76 Å². The lowest BCUT2D eigenvalue weighted by Gasteiger charge is -1.99. The first-order valence-electron chi connectivity index (χ1n) is 4.88. The molecule has 0 unspecified atom stereocenters. The molecule has 0 bridgehead atoms. The summed E-state index contributed by atoms with van der Waals surface area (Å²) in [5, 5.41) is 8.63. The first-order valence-corrected chi connectivity index (χ1v) is 6.74. The topological polar surface area (TPSA) is 37.1 Å². The van der Waals surface area contributed by atoms with Gasteiger partial charge in [-0.25, -0.2) is 0 Å². The van der Waals surface area contributed by atoms with Crippen molar-refractivity contribution in [2.24, 2.45) is 15.2 Å². The van der Waals surface area contributed by atoms with Gasteiger partial charge in [-0.2, -0.15) is 8.78 Å². The van der Waals surface area contributed by atoms with Crippen LogP contribution in [0.3, 0.4) is 0 Å². The van der Waals surface area contributed by atoms with E-state index < -0.39 is 5.76 Å². The van der Waals surface area contributed by atoms with E-state index >= 15 is 0 Å². The highest BCUT2D eigenvalue weighted by Crippen LogP contribution is 2.27. The van der Waals surface area contributed by atoms with Crippen LogP contribution in [0.5, 0.6) is 0 Å². The Morgan fingerprint density at radius 1 is 1.24 bits per heavy atom. The number of rotatable bonds is 3. The molecule has 7 heteroatoms. The van der Waals surface area contributed by atoms with E-state index in [4.69, 9.17) is 0 Å². The minimum atomic E-state index is -2.40. The van der Waals surface area contributed by atoms with Crippen LogP contribution in [0.15, 0.2) is 44.4 Å². The van der Waals surface area contributed by atoms with Crippen LogP contribution in [0.2, 0.25) is 0 Å². The van der Waals surface area contributed by atoms with Gasteiger partial charge < -0.3 is 0 Å². The van der Waals surface area contributed by atoms with Crippen LogP contribution in [0.25, 0.3) is 0 Å². The highest BCUT2D eigenvalue weighted by molar-refractivity contribution is 8.14. The minimum Gasteiger partial charge on any atom is -0.258 e. The van der Waals surface area contributed by atoms with Crippen molar-refractivity contribution in [2.45, 2.75) is 10.7 Å². The van der Waals surface area contributed by atoms with Crippen LogP contribution in [0, 0.1) is 0 Å². The summed E-state index contributed by atoms with van der Waals surface area (Å²) in [5.41, 5.74) is 0.638. The van der Waals surface area contributed by atoms with Crippen LogP contribution in [-0.2, 0) is 0 Å². The van der Waals surface area contributed by atoms with E-state index in [0.29, 0.717) is 27.5 Å². The Morgan fingerprint density at radius 3 is 2.59 bits per heavy atom. The summed E-state index contributed by atoms with van der Waals surface area (Å²) < 4.78 is 24.2. The molecule has 1 aromatic carbocycles. The van der Waals surface area contributed by atoms with Crippen LogP contribution >= 0.6 is 23.5 Å². The van der Waals surface area contributed by atoms with Crippen LogP contribution in [-0.4, -0.2) is 23.2 Å². The maximum Gasteiger partial charge on any atom is 0.288 e. The molecule has 0 N–H and O–H groups in total. The molecule has 0 radical (unpaired) electrons. The number of thioether (sulfide) groups is 2. The molecule has 0 saturated carbocycles. The molecule has 1 heterocycles. The average Bonchev–Trinajstić information content (AvgIpc) is 2.80. The van der Waals surface area contributed by atoms with Crippen LogP contribution in [0.1, 0.15) is 0 Å². The lowest BCUT2D eigenvalue weighted by molar-refractivity contribution is 0.252. The molecule has 0 atom stereocenters. The molecule has 17 heavy (non-hydrogen) atoms. The monoisotopic (exact) mass is 273 g/mol. The Bertz CT molecular complexity index is 432. The highest BCUT2D eigenvalue weighted by Gasteiger charge is 2.06. The van der Waals surface area contributed by atoms with Gasteiger partial charge in [0, 0.05) is 10.6 Å². The third-order valence-electron chi connectivity index (χ3n) is 1.88. The zero-order valence-corrected chi connectivity index (χ0v) is 10.3. The molecular weight excluding hydrogens is 264 g/mol. The number of halogens is 2. The second kappa shape index (κ2) is 6.11. The fourth-order valence-electron chi connectivity index (χ4n) is 1.18. The largest absolute Gasteiger partial charge is 0.288 e. The lowest BCUT2D eigenvalue weighted by Crippen LogP contribution is -1.80. The van der Waals surface area contributed by atoms with E-state index in [-0.39, 0.29) is 0 Å². The first kappa shape index (κ1) is 12.5. The van der Waals surface area contributed by atoms with Crippen molar-refractivity contribution in [1.29, 1.82) is 0 Å². The second-order valence-corrected chi connectivity index (χ2v) is 5.21. The number of hydrogen-bond donors (Lipinski definition) is 0. The molecule has 0 fully saturated rings. The zero-order valence-electron chi connectivity index (χ0n) is 8.72. The van der Waals surface area contributed by atoms with Gasteiger partial charge in [0.1, 0.15) is 0 Å². The van der Waals surface area contributed by atoms with Crippen LogP contribution in [0.4, 0.5) is 14.5 Å². The summed E-state index contributed by atoms with van der Waals surface area (Å²) in [6.45, 7) is 0.781. The van der Waals surface area contributed by atoms with Crippen LogP contribution < -0.4 is 0 Å². The quantitative estimate of drug-likeness (QED) is 0.611. The molecular formula is C10H9F2N3S2. The number of aliphatic imine (C=N–C) groups is 1. The van der Waals surface area contributed by atoms with Gasteiger partial charge in [-0.15, -0.1) is 10.2 Å². The van der Waals surface area contributed by atoms with Gasteiger partial charge >= 0.3 is 0 Å². The number of benzene rings is 1. The first-order chi connectivity index (χ1) is 8.24. The van der Waals surface area contributed by atoms with Crippen molar-refractivity contribution in [3.8, 4) is 0 Å². The van der Waals surface area contributed by atoms with E-state index in [9.17, 15) is 8.78 Å². The molecule has 2 rings (SSSR count). The fraction of sp³-hybridized carbons (Fsp3) is 0.300. The van der Waals surface area contributed by atoms with E-state index in [2.05, 4.69) is 15.2 Å². The predicted octanol–water partition coefficient (Wildman–Crippen LogP) is 4.19. The van der Waals surface area contributed by atoms with E-state index in [1.54, 1.807) is 36.0 Å². The highest BCUT2D eigenvalue weighted by atomic mass is 32.2. The maximum absolute atomic E-state index is 12.1. The van der Waals surface area contributed by atoms with Gasteiger partial charge in [0.2, 0.25) is 5.17 Å². The zero-order chi connectivity index (χ0) is 12.1. The smallest absolute Gasteiger partial charge is 0.258 e. The predicted molar refractivity (Wildman–Crippen MR) is 67.6 cm³/mol. The number of amidine groups is 1. The maximum atomic E-state index is 12.1. The standard InChI is InChI=1S/C10H9F2N3S2/c11-9(12)17-8-3-1-7(2-4-8)14-15-10-13-5-6-16-10/h1-4,9H,5-6H2/b15-14+. The van der Waals surface area contributed by atoms with Gasteiger partial charge in [-0.3, -0.25) is 4.99 Å². The summed E-state index contributed by atoms with van der Waals surface area (Å²) in [6.07, 6.45) is 0. The van der Waals surface area contributed by atoms with Crippen molar-refractivity contribution >= 4 is 34.4 Å². The number of nitrogens with zero attached hydrogens (tertiary/aromatic N) is 3. The second-order valence-electron chi connectivity index (χ2n) is 3.09. The number of azo groups is 1. The van der Waals surface area contributed by atoms with Gasteiger partial charge in [-0.1, -0.05) is 23.5 Å². The van der Waals surface area contributed by atoms with Crippen molar-refractivity contribution in [3.63, 3.8) is 0 Å². The minimum absolute atomic E-state index is 0.517. The van der Waals surface area contributed by atoms with Crippen molar-refractivity contribution < 1.29 is 8.78 Å². The molecule has 0 spiro atoms. The van der Waals surface area contributed by atoms with Gasteiger partial charge in [0.15, 0.2) is 0 Å². The third-order valence-corrected chi connectivity index (χ3v) is 3.46. The molecule has 0 saturated heterocycles. The molecule has 3 nitrogen and oxygen atoms in total. The molecule has 0 amide bonds. The number of hydrogen-bond acceptors (Lipinski definition) is 5. The molecule has 1 aromatic rings. The van der Waals surface area contributed by atoms with Crippen molar-refractivity contribution in [1.82, 2.24) is 0 Å². The Morgan fingerprint density at radius 2 is 2.00 bits per heavy atom. The van der Waals surface area contributed by atoms with Gasteiger partial charge in [-0.05, 0) is 24.3 Å². The number of alkyl halides is 2. The molecule has 90 valence electrons. The Balaban J connectivity index is 1.97. The Kier molecular flexibility index (Phi) is 4.49.